The summed E-state index contributed by atoms with van der Waals surface area (Å²) in [4.78, 5) is 4.25. The van der Waals surface area contributed by atoms with Crippen LogP contribution in [-0.2, 0) is 13.2 Å². The number of hydrogen-bond donors (Lipinski definition) is 2. The Bertz CT molecular complexity index is 666. The van der Waals surface area contributed by atoms with Crippen LogP contribution >= 0.6 is 24.0 Å². The highest BCUT2D eigenvalue weighted by Gasteiger charge is 2.11. The third-order valence-electron chi connectivity index (χ3n) is 3.32. The van der Waals surface area contributed by atoms with Crippen LogP contribution < -0.4 is 15.4 Å². The van der Waals surface area contributed by atoms with Crippen LogP contribution in [0.5, 0.6) is 5.75 Å². The van der Waals surface area contributed by atoms with E-state index in [0.717, 1.165) is 22.8 Å². The predicted octanol–water partition coefficient (Wildman–Crippen LogP) is 4.35. The van der Waals surface area contributed by atoms with Gasteiger partial charge in [0.2, 0.25) is 0 Å². The molecule has 2 aromatic rings. The first-order valence-corrected chi connectivity index (χ1v) is 8.21. The van der Waals surface area contributed by atoms with Crippen molar-refractivity contribution in [2.75, 3.05) is 7.05 Å². The van der Waals surface area contributed by atoms with Crippen molar-refractivity contribution in [1.82, 2.24) is 10.6 Å². The van der Waals surface area contributed by atoms with Gasteiger partial charge < -0.3 is 15.4 Å². The molecule has 4 nitrogen and oxygen atoms in total. The molecule has 0 amide bonds. The van der Waals surface area contributed by atoms with Gasteiger partial charge >= 0.3 is 0 Å². The number of halogens is 1. The molecule has 0 spiro atoms. The highest BCUT2D eigenvalue weighted by molar-refractivity contribution is 14.0. The Morgan fingerprint density at radius 1 is 1.00 bits per heavy atom. The lowest BCUT2D eigenvalue weighted by molar-refractivity contribution is 0.306. The van der Waals surface area contributed by atoms with Crippen molar-refractivity contribution in [3.05, 3.63) is 65.7 Å². The van der Waals surface area contributed by atoms with Crippen LogP contribution in [0.15, 0.2) is 59.6 Å². The molecular formula is C20H28IN3O. The summed E-state index contributed by atoms with van der Waals surface area (Å²) in [5, 5.41) is 6.67. The molecule has 136 valence electrons. The summed E-state index contributed by atoms with van der Waals surface area (Å²) in [6.07, 6.45) is 0. The molecule has 0 atom stereocenters. The Balaban J connectivity index is 0.00000312. The molecule has 2 N–H and O–H groups in total. The van der Waals surface area contributed by atoms with Crippen molar-refractivity contribution in [3.63, 3.8) is 0 Å². The smallest absolute Gasteiger partial charge is 0.191 e. The highest BCUT2D eigenvalue weighted by Crippen LogP contribution is 2.15. The van der Waals surface area contributed by atoms with Crippen LogP contribution in [0.3, 0.4) is 0 Å². The monoisotopic (exact) mass is 453 g/mol. The summed E-state index contributed by atoms with van der Waals surface area (Å²) in [6.45, 7) is 7.59. The number of guanidine groups is 1. The first-order chi connectivity index (χ1) is 11.5. The van der Waals surface area contributed by atoms with Gasteiger partial charge in [0.05, 0.1) is 0 Å². The van der Waals surface area contributed by atoms with Crippen LogP contribution in [0.1, 0.15) is 31.9 Å². The minimum atomic E-state index is -0.0253. The molecule has 0 heterocycles. The molecule has 0 saturated heterocycles. The maximum atomic E-state index is 5.87. The summed E-state index contributed by atoms with van der Waals surface area (Å²) >= 11 is 0. The van der Waals surface area contributed by atoms with Crippen LogP contribution in [-0.4, -0.2) is 18.5 Å². The Morgan fingerprint density at radius 2 is 1.68 bits per heavy atom. The van der Waals surface area contributed by atoms with Gasteiger partial charge in [-0.3, -0.25) is 4.99 Å². The molecule has 0 radical (unpaired) electrons. The van der Waals surface area contributed by atoms with E-state index in [2.05, 4.69) is 60.7 Å². The van der Waals surface area contributed by atoms with E-state index in [1.165, 1.54) is 0 Å². The van der Waals surface area contributed by atoms with E-state index < -0.39 is 0 Å². The van der Waals surface area contributed by atoms with Gasteiger partial charge in [0.15, 0.2) is 5.96 Å². The van der Waals surface area contributed by atoms with E-state index in [1.807, 2.05) is 30.3 Å². The molecule has 0 aliphatic carbocycles. The summed E-state index contributed by atoms with van der Waals surface area (Å²) < 4.78 is 5.87. The highest BCUT2D eigenvalue weighted by atomic mass is 127. The molecule has 0 saturated carbocycles. The lowest BCUT2D eigenvalue weighted by Gasteiger charge is -2.23. The van der Waals surface area contributed by atoms with Crippen LogP contribution in [0.4, 0.5) is 0 Å². The molecule has 0 bridgehead atoms. The van der Waals surface area contributed by atoms with Crippen molar-refractivity contribution in [3.8, 4) is 5.75 Å². The molecule has 0 unspecified atom stereocenters. The quantitative estimate of drug-likeness (QED) is 0.402. The topological polar surface area (TPSA) is 45.7 Å². The number of benzene rings is 2. The largest absolute Gasteiger partial charge is 0.489 e. The van der Waals surface area contributed by atoms with Gasteiger partial charge in [0.25, 0.3) is 0 Å². The van der Waals surface area contributed by atoms with Gasteiger partial charge in [-0.25, -0.2) is 0 Å². The second kappa shape index (κ2) is 10.3. The number of nitrogens with one attached hydrogen (secondary N) is 2. The fourth-order valence-corrected chi connectivity index (χ4v) is 2.21. The zero-order chi connectivity index (χ0) is 17.4. The lowest BCUT2D eigenvalue weighted by Crippen LogP contribution is -2.47. The second-order valence-electron chi connectivity index (χ2n) is 6.72. The number of hydrogen-bond acceptors (Lipinski definition) is 2. The maximum Gasteiger partial charge on any atom is 0.191 e. The number of nitrogens with zero attached hydrogens (tertiary/aromatic N) is 1. The zero-order valence-electron chi connectivity index (χ0n) is 15.4. The van der Waals surface area contributed by atoms with E-state index in [-0.39, 0.29) is 29.5 Å². The van der Waals surface area contributed by atoms with E-state index in [1.54, 1.807) is 7.05 Å². The van der Waals surface area contributed by atoms with Gasteiger partial charge in [-0.15, -0.1) is 24.0 Å². The van der Waals surface area contributed by atoms with Gasteiger partial charge in [0.1, 0.15) is 12.4 Å². The average molecular weight is 453 g/mol. The minimum absolute atomic E-state index is 0. The first-order valence-electron chi connectivity index (χ1n) is 8.21. The fourth-order valence-electron chi connectivity index (χ4n) is 2.21. The Morgan fingerprint density at radius 3 is 2.32 bits per heavy atom. The summed E-state index contributed by atoms with van der Waals surface area (Å²) in [6, 6.07) is 18.3. The van der Waals surface area contributed by atoms with Gasteiger partial charge in [-0.05, 0) is 44.0 Å². The normalized spacial score (nSPS) is 11.4. The molecule has 0 fully saturated rings. The van der Waals surface area contributed by atoms with Crippen molar-refractivity contribution >= 4 is 29.9 Å². The third kappa shape index (κ3) is 8.25. The second-order valence-corrected chi connectivity index (χ2v) is 6.72. The SMILES string of the molecule is CN=C(NCc1cccc(OCc2ccccc2)c1)NC(C)(C)C.I. The molecular weight excluding hydrogens is 425 g/mol. The van der Waals surface area contributed by atoms with E-state index in [0.29, 0.717) is 13.2 Å². The molecule has 2 aromatic carbocycles. The van der Waals surface area contributed by atoms with Crippen molar-refractivity contribution in [2.45, 2.75) is 39.5 Å². The van der Waals surface area contributed by atoms with Crippen LogP contribution in [0.2, 0.25) is 0 Å². The minimum Gasteiger partial charge on any atom is -0.489 e. The van der Waals surface area contributed by atoms with E-state index >= 15 is 0 Å². The molecule has 2 rings (SSSR count). The molecule has 5 heteroatoms. The van der Waals surface area contributed by atoms with Crippen molar-refractivity contribution in [1.29, 1.82) is 0 Å². The predicted molar refractivity (Wildman–Crippen MR) is 116 cm³/mol. The molecule has 25 heavy (non-hydrogen) atoms. The van der Waals surface area contributed by atoms with Crippen LogP contribution in [0, 0.1) is 0 Å². The fraction of sp³-hybridized carbons (Fsp3) is 0.350. The van der Waals surface area contributed by atoms with Gasteiger partial charge in [-0.2, -0.15) is 0 Å². The molecule has 0 aromatic heterocycles. The Hall–Kier alpha value is -1.76. The standard InChI is InChI=1S/C20H27N3O.HI/c1-20(2,3)23-19(21-4)22-14-17-11-8-12-18(13-17)24-15-16-9-6-5-7-10-16;/h5-13H,14-15H2,1-4H3,(H2,21,22,23);1H. The van der Waals surface area contributed by atoms with Gasteiger partial charge in [-0.1, -0.05) is 42.5 Å². The lowest BCUT2D eigenvalue weighted by atomic mass is 10.1. The summed E-state index contributed by atoms with van der Waals surface area (Å²) in [5.41, 5.74) is 2.29. The third-order valence-corrected chi connectivity index (χ3v) is 3.32. The van der Waals surface area contributed by atoms with Gasteiger partial charge in [0, 0.05) is 19.1 Å². The summed E-state index contributed by atoms with van der Waals surface area (Å²) in [7, 11) is 1.78. The van der Waals surface area contributed by atoms with Crippen molar-refractivity contribution < 1.29 is 4.74 Å². The van der Waals surface area contributed by atoms with Crippen LogP contribution in [0.25, 0.3) is 0 Å². The number of ether oxygens (including phenoxy) is 1. The maximum absolute atomic E-state index is 5.87. The van der Waals surface area contributed by atoms with Crippen molar-refractivity contribution in [2.24, 2.45) is 4.99 Å². The average Bonchev–Trinajstić information content (AvgIpc) is 2.57. The van der Waals surface area contributed by atoms with E-state index in [9.17, 15) is 0 Å². The molecule has 0 aliphatic heterocycles. The van der Waals surface area contributed by atoms with E-state index in [4.69, 9.17) is 4.74 Å². The first kappa shape index (κ1) is 21.3. The summed E-state index contributed by atoms with van der Waals surface area (Å²) in [5.74, 6) is 1.66. The Labute approximate surface area is 168 Å². The number of aliphatic imine (C=N–C) groups is 1. The number of rotatable bonds is 5. The zero-order valence-corrected chi connectivity index (χ0v) is 17.7. The Kier molecular flexibility index (Phi) is 8.75. The molecule has 0 aliphatic rings.